The molecule has 3 aromatic rings. The molecule has 0 fully saturated rings. The lowest BCUT2D eigenvalue weighted by molar-refractivity contribution is -0.129. The van der Waals surface area contributed by atoms with E-state index >= 15 is 0 Å². The van der Waals surface area contributed by atoms with E-state index in [1.807, 2.05) is 13.0 Å². The van der Waals surface area contributed by atoms with Crippen LogP contribution in [0.3, 0.4) is 0 Å². The first-order valence-corrected chi connectivity index (χ1v) is 10.4. The first-order chi connectivity index (χ1) is 16.4. The van der Waals surface area contributed by atoms with E-state index in [9.17, 15) is 19.6 Å². The smallest absolute Gasteiger partial charge is 0.354 e. The molecule has 0 bridgehead atoms. The van der Waals surface area contributed by atoms with Crippen LogP contribution in [0.1, 0.15) is 29.8 Å². The minimum atomic E-state index is -0.893. The van der Waals surface area contributed by atoms with Crippen molar-refractivity contribution in [2.24, 2.45) is 0 Å². The van der Waals surface area contributed by atoms with Crippen molar-refractivity contribution in [3.8, 4) is 23.3 Å². The predicted molar refractivity (Wildman–Crippen MR) is 124 cm³/mol. The van der Waals surface area contributed by atoms with E-state index in [4.69, 9.17) is 18.6 Å². The quantitative estimate of drug-likeness (QED) is 0.177. The zero-order valence-corrected chi connectivity index (χ0v) is 18.8. The van der Waals surface area contributed by atoms with E-state index in [1.165, 1.54) is 37.5 Å². The van der Waals surface area contributed by atoms with Gasteiger partial charge in [0.15, 0.2) is 11.5 Å². The number of nitriles is 1. The van der Waals surface area contributed by atoms with Crippen molar-refractivity contribution in [3.63, 3.8) is 0 Å². The largest absolute Gasteiger partial charge is 0.493 e. The van der Waals surface area contributed by atoms with Crippen molar-refractivity contribution in [1.29, 1.82) is 5.26 Å². The molecule has 174 valence electrons. The minimum Gasteiger partial charge on any atom is -0.493 e. The van der Waals surface area contributed by atoms with Crippen molar-refractivity contribution in [2.75, 3.05) is 20.3 Å². The molecule has 2 aromatic carbocycles. The predicted octanol–water partition coefficient (Wildman–Crippen LogP) is 3.46. The molecule has 3 rings (SSSR count). The molecule has 1 heterocycles. The number of benzene rings is 2. The van der Waals surface area contributed by atoms with Crippen LogP contribution < -0.4 is 25.2 Å². The van der Waals surface area contributed by atoms with Gasteiger partial charge in [-0.25, -0.2) is 9.59 Å². The summed E-state index contributed by atoms with van der Waals surface area (Å²) in [5.74, 6) is -0.370. The number of hydrogen-bond donors (Lipinski definition) is 1. The first kappa shape index (κ1) is 24.1. The minimum absolute atomic E-state index is 0.0665. The molecule has 0 saturated heterocycles. The summed E-state index contributed by atoms with van der Waals surface area (Å²) in [6.07, 6.45) is 1.36. The molecule has 0 radical (unpaired) electrons. The number of carbonyl (C=O) groups is 2. The van der Waals surface area contributed by atoms with Crippen LogP contribution in [-0.2, 0) is 4.79 Å². The van der Waals surface area contributed by atoms with Gasteiger partial charge < -0.3 is 23.9 Å². The van der Waals surface area contributed by atoms with Crippen LogP contribution in [0.2, 0.25) is 0 Å². The van der Waals surface area contributed by atoms with Crippen LogP contribution in [-0.4, -0.2) is 32.1 Å². The summed E-state index contributed by atoms with van der Waals surface area (Å²) in [7, 11) is 1.49. The third kappa shape index (κ3) is 5.42. The maximum absolute atomic E-state index is 12.6. The van der Waals surface area contributed by atoms with E-state index in [0.717, 1.165) is 0 Å². The number of hydrogen-bond acceptors (Lipinski definition) is 8. The fraction of sp³-hybridized carbons (Fsp3) is 0.200. The highest BCUT2D eigenvalue weighted by molar-refractivity contribution is 6.00. The van der Waals surface area contributed by atoms with Gasteiger partial charge >= 0.3 is 11.6 Å². The van der Waals surface area contributed by atoms with Gasteiger partial charge in [-0.15, -0.1) is 0 Å². The summed E-state index contributed by atoms with van der Waals surface area (Å²) in [5.41, 5.74) is -0.527. The Balaban J connectivity index is 1.85. The summed E-state index contributed by atoms with van der Waals surface area (Å²) in [6.45, 7) is 4.40. The molecule has 9 nitrogen and oxygen atoms in total. The number of methoxy groups -OCH3 is 1. The standard InChI is InChI=1S/C25H22N2O7/c1-4-27-23(28)19-12-16-7-8-18(13-21(16)34-25(19)30)33-24(29)17(14-26)10-15-6-9-20(32-5-2)22(11-15)31-3/h6-13H,4-5H2,1-3H3,(H,27,28)/b17-10+. The molecule has 9 heteroatoms. The van der Waals surface area contributed by atoms with E-state index < -0.39 is 17.5 Å². The number of esters is 1. The zero-order chi connectivity index (χ0) is 24.7. The van der Waals surface area contributed by atoms with E-state index in [-0.39, 0.29) is 22.5 Å². The van der Waals surface area contributed by atoms with Crippen LogP contribution in [0.4, 0.5) is 0 Å². The third-order valence-electron chi connectivity index (χ3n) is 4.64. The van der Waals surface area contributed by atoms with Crippen LogP contribution in [0.5, 0.6) is 17.2 Å². The number of nitrogens with one attached hydrogen (secondary N) is 1. The normalized spacial score (nSPS) is 10.9. The van der Waals surface area contributed by atoms with Crippen LogP contribution >= 0.6 is 0 Å². The summed E-state index contributed by atoms with van der Waals surface area (Å²) in [4.78, 5) is 36.7. The maximum Gasteiger partial charge on any atom is 0.354 e. The zero-order valence-electron chi connectivity index (χ0n) is 18.8. The van der Waals surface area contributed by atoms with Crippen molar-refractivity contribution in [3.05, 3.63) is 69.6 Å². The first-order valence-electron chi connectivity index (χ1n) is 10.4. The van der Waals surface area contributed by atoms with E-state index in [1.54, 1.807) is 25.1 Å². The molecule has 1 amide bonds. The lowest BCUT2D eigenvalue weighted by Gasteiger charge is -2.10. The number of rotatable bonds is 8. The molecule has 0 unspecified atom stereocenters. The van der Waals surface area contributed by atoms with Gasteiger partial charge in [-0.1, -0.05) is 6.07 Å². The van der Waals surface area contributed by atoms with Crippen LogP contribution in [0.25, 0.3) is 17.0 Å². The summed E-state index contributed by atoms with van der Waals surface area (Å²) < 4.78 is 21.2. The van der Waals surface area contributed by atoms with Crippen LogP contribution in [0, 0.1) is 11.3 Å². The molecule has 0 spiro atoms. The van der Waals surface area contributed by atoms with Crippen molar-refractivity contribution in [2.45, 2.75) is 13.8 Å². The molecule has 0 aliphatic heterocycles. The van der Waals surface area contributed by atoms with Gasteiger partial charge in [-0.2, -0.15) is 5.26 Å². The van der Waals surface area contributed by atoms with Gasteiger partial charge in [-0.3, -0.25) is 4.79 Å². The van der Waals surface area contributed by atoms with Crippen molar-refractivity contribution in [1.82, 2.24) is 5.32 Å². The molecule has 1 aromatic heterocycles. The Hall–Kier alpha value is -4.58. The van der Waals surface area contributed by atoms with Gasteiger partial charge in [0, 0.05) is 18.0 Å². The Morgan fingerprint density at radius 2 is 1.91 bits per heavy atom. The summed E-state index contributed by atoms with van der Waals surface area (Å²) in [5, 5.41) is 12.5. The van der Waals surface area contributed by atoms with Crippen molar-refractivity contribution < 1.29 is 28.2 Å². The average Bonchev–Trinajstić information content (AvgIpc) is 2.82. The number of fused-ring (bicyclic) bond motifs is 1. The SMILES string of the molecule is CCNC(=O)c1cc2ccc(OC(=O)/C(C#N)=C/c3ccc(OCC)c(OC)c3)cc2oc1=O. The Labute approximate surface area is 195 Å². The molecular weight excluding hydrogens is 440 g/mol. The molecule has 0 atom stereocenters. The van der Waals surface area contributed by atoms with E-state index in [2.05, 4.69) is 5.32 Å². The number of nitrogens with zero attached hydrogens (tertiary/aromatic N) is 1. The second-order valence-electron chi connectivity index (χ2n) is 6.91. The lowest BCUT2D eigenvalue weighted by atomic mass is 10.1. The Kier molecular flexibility index (Phi) is 7.67. The number of carbonyl (C=O) groups excluding carboxylic acids is 2. The van der Waals surface area contributed by atoms with Gasteiger partial charge in [0.2, 0.25) is 0 Å². The molecule has 34 heavy (non-hydrogen) atoms. The number of amides is 1. The molecule has 1 N–H and O–H groups in total. The highest BCUT2D eigenvalue weighted by Gasteiger charge is 2.16. The van der Waals surface area contributed by atoms with Gasteiger partial charge in [0.1, 0.15) is 28.5 Å². The lowest BCUT2D eigenvalue weighted by Crippen LogP contribution is -2.27. The second kappa shape index (κ2) is 10.8. The molecule has 0 aliphatic rings. The summed E-state index contributed by atoms with van der Waals surface area (Å²) in [6, 6.07) is 12.6. The molecule has 0 aliphatic carbocycles. The maximum atomic E-state index is 12.6. The van der Waals surface area contributed by atoms with Crippen molar-refractivity contribution >= 4 is 28.9 Å². The summed E-state index contributed by atoms with van der Waals surface area (Å²) >= 11 is 0. The fourth-order valence-electron chi connectivity index (χ4n) is 3.08. The Morgan fingerprint density at radius 3 is 2.59 bits per heavy atom. The average molecular weight is 462 g/mol. The number of ether oxygens (including phenoxy) is 3. The Bertz CT molecular complexity index is 1370. The monoisotopic (exact) mass is 462 g/mol. The van der Waals surface area contributed by atoms with Gasteiger partial charge in [0.05, 0.1) is 13.7 Å². The Morgan fingerprint density at radius 1 is 1.12 bits per heavy atom. The second-order valence-corrected chi connectivity index (χ2v) is 6.91. The fourth-order valence-corrected chi connectivity index (χ4v) is 3.08. The van der Waals surface area contributed by atoms with Gasteiger partial charge in [-0.05, 0) is 55.8 Å². The highest BCUT2D eigenvalue weighted by atomic mass is 16.5. The molecular formula is C25H22N2O7. The van der Waals surface area contributed by atoms with E-state index in [0.29, 0.717) is 35.6 Å². The van der Waals surface area contributed by atoms with Gasteiger partial charge in [0.25, 0.3) is 5.91 Å². The molecule has 0 saturated carbocycles. The topological polar surface area (TPSA) is 128 Å². The third-order valence-corrected chi connectivity index (χ3v) is 4.64. The highest BCUT2D eigenvalue weighted by Crippen LogP contribution is 2.29. The van der Waals surface area contributed by atoms with Crippen LogP contribution in [0.15, 0.2) is 57.2 Å².